The Balaban J connectivity index is 0.000000892. The molecule has 0 heterocycles. The molecule has 250 valence electrons. The Kier molecular flexibility index (Phi) is 15.5. The molecule has 3 aromatic carbocycles. The van der Waals surface area contributed by atoms with Gasteiger partial charge in [-0.2, -0.15) is 0 Å². The highest BCUT2D eigenvalue weighted by molar-refractivity contribution is 6.10. The van der Waals surface area contributed by atoms with Gasteiger partial charge in [-0.15, -0.1) is 0 Å². The standard InChI is InChI=1S/C37H46O4.C5H12/c38-36-27-34(23-24-35(36)37(39)32-13-7-4-8-14-32)41-26-10-2-1-9-25-40-33-21-19-31(20-22-33)30-17-15-29(16-18-30)28-11-5-3-6-12-28;1-3-5-4-2/h4,7-8,13-14,19-24,27-30,38H,1-3,5-6,9-12,15-18,25-26H2;3-5H2,1-2H3. The average molecular weight is 627 g/mol. The van der Waals surface area contributed by atoms with Crippen molar-refractivity contribution in [1.29, 1.82) is 0 Å². The fourth-order valence-corrected chi connectivity index (χ4v) is 7.20. The first kappa shape index (κ1) is 35.6. The van der Waals surface area contributed by atoms with Gasteiger partial charge in [0.15, 0.2) is 5.78 Å². The van der Waals surface area contributed by atoms with E-state index in [0.29, 0.717) is 17.9 Å². The molecule has 2 aliphatic rings. The van der Waals surface area contributed by atoms with Gasteiger partial charge in [-0.1, -0.05) is 108 Å². The van der Waals surface area contributed by atoms with Crippen LogP contribution in [-0.2, 0) is 0 Å². The Hall–Kier alpha value is -3.27. The first-order valence-corrected chi connectivity index (χ1v) is 18.4. The molecule has 4 heteroatoms. The van der Waals surface area contributed by atoms with E-state index in [4.69, 9.17) is 9.47 Å². The van der Waals surface area contributed by atoms with Crippen molar-refractivity contribution in [3.05, 3.63) is 89.5 Å². The number of ether oxygens (including phenoxy) is 2. The number of rotatable bonds is 15. The number of hydrogen-bond acceptors (Lipinski definition) is 4. The number of hydrogen-bond donors (Lipinski definition) is 1. The Morgan fingerprint density at radius 3 is 1.83 bits per heavy atom. The summed E-state index contributed by atoms with van der Waals surface area (Å²) in [4.78, 5) is 12.6. The van der Waals surface area contributed by atoms with Crippen LogP contribution in [0, 0.1) is 11.8 Å². The maximum atomic E-state index is 12.6. The van der Waals surface area contributed by atoms with Gasteiger partial charge >= 0.3 is 0 Å². The van der Waals surface area contributed by atoms with Crippen molar-refractivity contribution >= 4 is 5.78 Å². The summed E-state index contributed by atoms with van der Waals surface area (Å²) in [5, 5.41) is 10.3. The zero-order valence-electron chi connectivity index (χ0n) is 28.6. The highest BCUT2D eigenvalue weighted by atomic mass is 16.5. The normalized spacial score (nSPS) is 18.3. The van der Waals surface area contributed by atoms with Crippen molar-refractivity contribution in [3.8, 4) is 17.2 Å². The van der Waals surface area contributed by atoms with E-state index < -0.39 is 0 Å². The van der Waals surface area contributed by atoms with Gasteiger partial charge in [-0.05, 0) is 98.9 Å². The lowest BCUT2D eigenvalue weighted by Crippen LogP contribution is -2.23. The minimum atomic E-state index is -0.195. The van der Waals surface area contributed by atoms with E-state index in [9.17, 15) is 9.90 Å². The molecule has 0 aromatic heterocycles. The molecule has 1 N–H and O–H groups in total. The molecule has 0 unspecified atom stereocenters. The molecule has 0 aliphatic heterocycles. The average Bonchev–Trinajstić information content (AvgIpc) is 3.11. The van der Waals surface area contributed by atoms with Gasteiger partial charge in [0.05, 0.1) is 18.8 Å². The summed E-state index contributed by atoms with van der Waals surface area (Å²) < 4.78 is 11.8. The third-order valence-corrected chi connectivity index (χ3v) is 9.97. The van der Waals surface area contributed by atoms with Crippen LogP contribution in [0.5, 0.6) is 17.2 Å². The van der Waals surface area contributed by atoms with Gasteiger partial charge in [0.1, 0.15) is 17.2 Å². The second-order valence-corrected chi connectivity index (χ2v) is 13.4. The fraction of sp³-hybridized carbons (Fsp3) is 0.548. The second kappa shape index (κ2) is 20.1. The predicted molar refractivity (Wildman–Crippen MR) is 190 cm³/mol. The molecule has 4 nitrogen and oxygen atoms in total. The SMILES string of the molecule is CCCCC.O=C(c1ccccc1)c1ccc(OCCCCCCOc2ccc(C3CCC(C4CCCCC4)CC3)cc2)cc1O. The van der Waals surface area contributed by atoms with Crippen molar-refractivity contribution in [1.82, 2.24) is 0 Å². The number of carbonyl (C=O) groups excluding carboxylic acids is 1. The van der Waals surface area contributed by atoms with Crippen LogP contribution in [0.1, 0.15) is 144 Å². The molecule has 0 atom stereocenters. The predicted octanol–water partition coefficient (Wildman–Crippen LogP) is 11.7. The molecule has 46 heavy (non-hydrogen) atoms. The molecule has 0 bridgehead atoms. The van der Waals surface area contributed by atoms with E-state index in [-0.39, 0.29) is 17.1 Å². The Bertz CT molecular complexity index is 1250. The summed E-state index contributed by atoms with van der Waals surface area (Å²) in [6.45, 7) is 5.74. The molecule has 3 aromatic rings. The molecule has 5 rings (SSSR count). The maximum Gasteiger partial charge on any atom is 0.196 e. The Labute approximate surface area is 278 Å². The topological polar surface area (TPSA) is 55.8 Å². The molecule has 0 radical (unpaired) electrons. The Morgan fingerprint density at radius 2 is 1.24 bits per heavy atom. The highest BCUT2D eigenvalue weighted by Gasteiger charge is 2.29. The highest BCUT2D eigenvalue weighted by Crippen LogP contribution is 2.43. The third kappa shape index (κ3) is 11.5. The van der Waals surface area contributed by atoms with Crippen molar-refractivity contribution < 1.29 is 19.4 Å². The number of phenolic OH excluding ortho intramolecular Hbond substituents is 1. The lowest BCUT2D eigenvalue weighted by Gasteiger charge is -2.36. The van der Waals surface area contributed by atoms with Crippen LogP contribution >= 0.6 is 0 Å². The lowest BCUT2D eigenvalue weighted by molar-refractivity contribution is 0.103. The molecule has 2 aliphatic carbocycles. The maximum absolute atomic E-state index is 12.6. The first-order valence-electron chi connectivity index (χ1n) is 18.4. The van der Waals surface area contributed by atoms with Crippen LogP contribution in [0.25, 0.3) is 0 Å². The first-order chi connectivity index (χ1) is 22.6. The summed E-state index contributed by atoms with van der Waals surface area (Å²) in [6.07, 6.45) is 21.1. The number of benzene rings is 3. The third-order valence-electron chi connectivity index (χ3n) is 9.97. The number of unbranched alkanes of at least 4 members (excludes halogenated alkanes) is 5. The number of ketones is 1. The van der Waals surface area contributed by atoms with Gasteiger partial charge in [0.2, 0.25) is 0 Å². The van der Waals surface area contributed by atoms with E-state index in [1.807, 2.05) is 18.2 Å². The smallest absolute Gasteiger partial charge is 0.196 e. The van der Waals surface area contributed by atoms with E-state index in [1.165, 1.54) is 88.7 Å². The van der Waals surface area contributed by atoms with Crippen LogP contribution in [0.4, 0.5) is 0 Å². The quantitative estimate of drug-likeness (QED) is 0.135. The summed E-state index contributed by atoms with van der Waals surface area (Å²) in [6, 6.07) is 22.8. The number of carbonyl (C=O) groups is 1. The van der Waals surface area contributed by atoms with E-state index in [2.05, 4.69) is 38.1 Å². The molecule has 2 fully saturated rings. The number of aromatic hydroxyl groups is 1. The molecule has 2 saturated carbocycles. The molecule has 0 spiro atoms. The zero-order chi connectivity index (χ0) is 32.4. The van der Waals surface area contributed by atoms with Crippen LogP contribution in [0.2, 0.25) is 0 Å². The molecular weight excluding hydrogens is 568 g/mol. The lowest BCUT2D eigenvalue weighted by atomic mass is 9.70. The van der Waals surface area contributed by atoms with Crippen molar-refractivity contribution in [2.75, 3.05) is 13.2 Å². The van der Waals surface area contributed by atoms with E-state index in [1.54, 1.807) is 24.3 Å². The number of phenols is 1. The van der Waals surface area contributed by atoms with Crippen molar-refractivity contribution in [3.63, 3.8) is 0 Å². The van der Waals surface area contributed by atoms with Crippen LogP contribution < -0.4 is 9.47 Å². The summed E-state index contributed by atoms with van der Waals surface area (Å²) in [5.41, 5.74) is 2.33. The van der Waals surface area contributed by atoms with Crippen LogP contribution in [0.15, 0.2) is 72.8 Å². The van der Waals surface area contributed by atoms with Crippen LogP contribution in [0.3, 0.4) is 0 Å². The minimum absolute atomic E-state index is 0.0522. The van der Waals surface area contributed by atoms with Gasteiger partial charge in [0.25, 0.3) is 0 Å². The van der Waals surface area contributed by atoms with Crippen molar-refractivity contribution in [2.45, 2.75) is 122 Å². The van der Waals surface area contributed by atoms with Gasteiger partial charge in [-0.25, -0.2) is 0 Å². The zero-order valence-corrected chi connectivity index (χ0v) is 28.6. The largest absolute Gasteiger partial charge is 0.507 e. The monoisotopic (exact) mass is 626 g/mol. The van der Waals surface area contributed by atoms with Gasteiger partial charge < -0.3 is 14.6 Å². The summed E-state index contributed by atoms with van der Waals surface area (Å²) in [5.74, 6) is 4.03. The van der Waals surface area contributed by atoms with Crippen LogP contribution in [-0.4, -0.2) is 24.1 Å². The van der Waals surface area contributed by atoms with Crippen molar-refractivity contribution in [2.24, 2.45) is 11.8 Å². The van der Waals surface area contributed by atoms with Gasteiger partial charge in [-0.3, -0.25) is 4.79 Å². The fourth-order valence-electron chi connectivity index (χ4n) is 7.20. The molecule has 0 saturated heterocycles. The van der Waals surface area contributed by atoms with E-state index >= 15 is 0 Å². The van der Waals surface area contributed by atoms with Gasteiger partial charge in [0, 0.05) is 11.6 Å². The molecular formula is C42H58O4. The minimum Gasteiger partial charge on any atom is -0.507 e. The second-order valence-electron chi connectivity index (χ2n) is 13.4. The molecule has 0 amide bonds. The summed E-state index contributed by atoms with van der Waals surface area (Å²) >= 11 is 0. The summed E-state index contributed by atoms with van der Waals surface area (Å²) in [7, 11) is 0. The van der Waals surface area contributed by atoms with E-state index in [0.717, 1.165) is 55.8 Å². The Morgan fingerprint density at radius 1 is 0.652 bits per heavy atom.